The Morgan fingerprint density at radius 3 is 2.72 bits per heavy atom. The van der Waals surface area contributed by atoms with Gasteiger partial charge in [-0.05, 0) is 18.6 Å². The van der Waals surface area contributed by atoms with Crippen LogP contribution in [0.3, 0.4) is 0 Å². The third-order valence-corrected chi connectivity index (χ3v) is 5.07. The van der Waals surface area contributed by atoms with E-state index in [0.29, 0.717) is 40.4 Å². The highest BCUT2D eigenvalue weighted by atomic mass is 35.5. The zero-order chi connectivity index (χ0) is 18.4. The molecule has 0 fully saturated rings. The fraction of sp³-hybridized carbons (Fsp3) is 0.353. The Bertz CT molecular complexity index is 763. The lowest BCUT2D eigenvalue weighted by atomic mass is 10.2. The van der Waals surface area contributed by atoms with Crippen LogP contribution >= 0.6 is 22.9 Å². The fourth-order valence-corrected chi connectivity index (χ4v) is 3.43. The van der Waals surface area contributed by atoms with Crippen LogP contribution in [-0.2, 0) is 16.1 Å². The first kappa shape index (κ1) is 19.4. The average molecular weight is 382 g/mol. The molecule has 1 heterocycles. The van der Waals surface area contributed by atoms with Gasteiger partial charge >= 0.3 is 0 Å². The van der Waals surface area contributed by atoms with E-state index < -0.39 is 0 Å². The Hall–Kier alpha value is -1.96. The zero-order valence-electron chi connectivity index (χ0n) is 14.3. The number of rotatable bonds is 7. The van der Waals surface area contributed by atoms with Gasteiger partial charge in [-0.2, -0.15) is 0 Å². The number of ether oxygens (including phenoxy) is 1. The van der Waals surface area contributed by atoms with E-state index >= 15 is 0 Å². The Labute approximate surface area is 155 Å². The highest BCUT2D eigenvalue weighted by Crippen LogP contribution is 2.26. The Balaban J connectivity index is 2.11. The number of halogens is 1. The van der Waals surface area contributed by atoms with E-state index in [1.165, 1.54) is 23.2 Å². The Morgan fingerprint density at radius 1 is 1.36 bits per heavy atom. The van der Waals surface area contributed by atoms with Crippen molar-refractivity contribution in [3.05, 3.63) is 45.4 Å². The van der Waals surface area contributed by atoms with Crippen molar-refractivity contribution in [2.75, 3.05) is 25.2 Å². The van der Waals surface area contributed by atoms with Gasteiger partial charge < -0.3 is 10.1 Å². The third-order valence-electron chi connectivity index (χ3n) is 3.52. The van der Waals surface area contributed by atoms with Crippen LogP contribution in [0.5, 0.6) is 0 Å². The van der Waals surface area contributed by atoms with Crippen LogP contribution in [0.2, 0.25) is 5.02 Å². The monoisotopic (exact) mass is 381 g/mol. The van der Waals surface area contributed by atoms with Crippen LogP contribution in [0.1, 0.15) is 27.9 Å². The Kier molecular flexibility index (Phi) is 6.92. The number of methoxy groups -OCH3 is 1. The van der Waals surface area contributed by atoms with Crippen molar-refractivity contribution in [3.8, 4) is 0 Å². The molecule has 134 valence electrons. The number of nitrogens with zero attached hydrogens (tertiary/aromatic N) is 2. The second-order valence-electron chi connectivity index (χ2n) is 5.35. The quantitative estimate of drug-likeness (QED) is 0.800. The molecule has 0 unspecified atom stereocenters. The largest absolute Gasteiger partial charge is 0.383 e. The molecule has 6 nitrogen and oxygen atoms in total. The van der Waals surface area contributed by atoms with Crippen LogP contribution < -0.4 is 10.2 Å². The number of benzene rings is 1. The predicted molar refractivity (Wildman–Crippen MR) is 99.4 cm³/mol. The topological polar surface area (TPSA) is 71.5 Å². The summed E-state index contributed by atoms with van der Waals surface area (Å²) < 4.78 is 5.02. The summed E-state index contributed by atoms with van der Waals surface area (Å²) in [6.45, 7) is 4.32. The van der Waals surface area contributed by atoms with Crippen molar-refractivity contribution >= 4 is 39.9 Å². The van der Waals surface area contributed by atoms with Crippen molar-refractivity contribution in [1.82, 2.24) is 10.3 Å². The zero-order valence-corrected chi connectivity index (χ0v) is 15.9. The molecule has 0 saturated carbocycles. The molecule has 2 rings (SSSR count). The van der Waals surface area contributed by atoms with Gasteiger partial charge in [0.05, 0.1) is 18.8 Å². The standard InChI is InChI=1S/C17H20ClN3O3S/c1-11-15(16(23)19-10-13-6-4-5-7-14(13)18)25-17(20-11)21(12(2)22)8-9-24-3/h4-7H,8-10H2,1-3H3,(H,19,23). The molecule has 0 atom stereocenters. The number of amides is 2. The van der Waals surface area contributed by atoms with Gasteiger partial charge in [0, 0.05) is 25.6 Å². The van der Waals surface area contributed by atoms with Gasteiger partial charge in [-0.3, -0.25) is 14.5 Å². The van der Waals surface area contributed by atoms with Gasteiger partial charge in [-0.25, -0.2) is 4.98 Å². The summed E-state index contributed by atoms with van der Waals surface area (Å²) in [5.74, 6) is -0.384. The maximum absolute atomic E-state index is 12.5. The van der Waals surface area contributed by atoms with E-state index in [2.05, 4.69) is 10.3 Å². The molecule has 2 aromatic rings. The summed E-state index contributed by atoms with van der Waals surface area (Å²) in [4.78, 5) is 30.6. The molecule has 0 bridgehead atoms. The summed E-state index contributed by atoms with van der Waals surface area (Å²) in [6, 6.07) is 7.34. The number of aryl methyl sites for hydroxylation is 1. The number of anilines is 1. The minimum atomic E-state index is -0.239. The molecule has 0 radical (unpaired) electrons. The van der Waals surface area contributed by atoms with E-state index in [1.54, 1.807) is 20.1 Å². The van der Waals surface area contributed by atoms with E-state index in [1.807, 2.05) is 18.2 Å². The molecule has 0 saturated heterocycles. The molecule has 0 aliphatic heterocycles. The molecule has 1 aromatic heterocycles. The first-order valence-electron chi connectivity index (χ1n) is 7.70. The van der Waals surface area contributed by atoms with Crippen molar-refractivity contribution in [2.45, 2.75) is 20.4 Å². The fourth-order valence-electron chi connectivity index (χ4n) is 2.18. The SMILES string of the molecule is COCCN(C(C)=O)c1nc(C)c(C(=O)NCc2ccccc2Cl)s1. The van der Waals surface area contributed by atoms with E-state index in [-0.39, 0.29) is 11.8 Å². The number of nitrogens with one attached hydrogen (secondary N) is 1. The summed E-state index contributed by atoms with van der Waals surface area (Å²) in [5.41, 5.74) is 1.42. The van der Waals surface area contributed by atoms with Gasteiger partial charge in [0.15, 0.2) is 5.13 Å². The molecule has 2 amide bonds. The molecular formula is C17H20ClN3O3S. The number of hydrogen-bond donors (Lipinski definition) is 1. The van der Waals surface area contributed by atoms with Crippen LogP contribution in [0.4, 0.5) is 5.13 Å². The number of carbonyl (C=O) groups excluding carboxylic acids is 2. The number of hydrogen-bond acceptors (Lipinski definition) is 5. The van der Waals surface area contributed by atoms with E-state index in [4.69, 9.17) is 16.3 Å². The average Bonchev–Trinajstić information content (AvgIpc) is 2.95. The van der Waals surface area contributed by atoms with Crippen LogP contribution in [0.25, 0.3) is 0 Å². The van der Waals surface area contributed by atoms with Crippen LogP contribution in [0.15, 0.2) is 24.3 Å². The molecule has 8 heteroatoms. The maximum Gasteiger partial charge on any atom is 0.263 e. The lowest BCUT2D eigenvalue weighted by Gasteiger charge is -2.16. The predicted octanol–water partition coefficient (Wildman–Crippen LogP) is 3.03. The number of thiazole rings is 1. The first-order chi connectivity index (χ1) is 11.9. The highest BCUT2D eigenvalue weighted by molar-refractivity contribution is 7.17. The lowest BCUT2D eigenvalue weighted by molar-refractivity contribution is -0.116. The molecular weight excluding hydrogens is 362 g/mol. The first-order valence-corrected chi connectivity index (χ1v) is 8.89. The van der Waals surface area contributed by atoms with Gasteiger partial charge in [0.25, 0.3) is 5.91 Å². The molecule has 1 N–H and O–H groups in total. The number of carbonyl (C=O) groups is 2. The van der Waals surface area contributed by atoms with E-state index in [9.17, 15) is 9.59 Å². The van der Waals surface area contributed by atoms with Crippen molar-refractivity contribution in [3.63, 3.8) is 0 Å². The van der Waals surface area contributed by atoms with Gasteiger partial charge in [-0.15, -0.1) is 0 Å². The van der Waals surface area contributed by atoms with Crippen molar-refractivity contribution < 1.29 is 14.3 Å². The third kappa shape index (κ3) is 5.01. The Morgan fingerprint density at radius 2 is 2.08 bits per heavy atom. The second kappa shape index (κ2) is 8.94. The van der Waals surface area contributed by atoms with Crippen LogP contribution in [0, 0.1) is 6.92 Å². The van der Waals surface area contributed by atoms with Gasteiger partial charge in [0.1, 0.15) is 4.88 Å². The minimum Gasteiger partial charge on any atom is -0.383 e. The van der Waals surface area contributed by atoms with Crippen molar-refractivity contribution in [1.29, 1.82) is 0 Å². The molecule has 0 aliphatic rings. The minimum absolute atomic E-state index is 0.145. The molecule has 0 spiro atoms. The van der Waals surface area contributed by atoms with E-state index in [0.717, 1.165) is 5.56 Å². The number of aromatic nitrogens is 1. The molecule has 0 aliphatic carbocycles. The van der Waals surface area contributed by atoms with Gasteiger partial charge in [0.2, 0.25) is 5.91 Å². The summed E-state index contributed by atoms with van der Waals surface area (Å²) in [7, 11) is 1.57. The summed E-state index contributed by atoms with van der Waals surface area (Å²) in [5, 5.41) is 3.93. The second-order valence-corrected chi connectivity index (χ2v) is 6.73. The maximum atomic E-state index is 12.5. The summed E-state index contributed by atoms with van der Waals surface area (Å²) in [6.07, 6.45) is 0. The van der Waals surface area contributed by atoms with Gasteiger partial charge in [-0.1, -0.05) is 41.1 Å². The smallest absolute Gasteiger partial charge is 0.263 e. The van der Waals surface area contributed by atoms with Crippen molar-refractivity contribution in [2.24, 2.45) is 0 Å². The molecule has 25 heavy (non-hydrogen) atoms. The molecule has 1 aromatic carbocycles. The summed E-state index contributed by atoms with van der Waals surface area (Å²) >= 11 is 7.28. The normalized spacial score (nSPS) is 10.6. The highest BCUT2D eigenvalue weighted by Gasteiger charge is 2.21. The lowest BCUT2D eigenvalue weighted by Crippen LogP contribution is -2.31. The van der Waals surface area contributed by atoms with Crippen LogP contribution in [-0.4, -0.2) is 37.1 Å².